The van der Waals surface area contributed by atoms with Crippen molar-refractivity contribution < 1.29 is 31.5 Å². The molecule has 2 atom stereocenters. The molecule has 3 aromatic rings. The Balaban J connectivity index is 1.79. The van der Waals surface area contributed by atoms with Crippen molar-refractivity contribution in [2.75, 3.05) is 17.5 Å². The van der Waals surface area contributed by atoms with E-state index in [0.717, 1.165) is 48.3 Å². The van der Waals surface area contributed by atoms with Crippen molar-refractivity contribution in [3.63, 3.8) is 0 Å². The van der Waals surface area contributed by atoms with Crippen LogP contribution < -0.4 is 15.4 Å². The van der Waals surface area contributed by atoms with Gasteiger partial charge in [-0.1, -0.05) is 31.2 Å². The lowest BCUT2D eigenvalue weighted by atomic mass is 9.91. The molecule has 0 saturated heterocycles. The fraction of sp³-hybridized carbons (Fsp3) is 0.385. The summed E-state index contributed by atoms with van der Waals surface area (Å²) in [5.41, 5.74) is 1.60. The number of carbonyl (C=O) groups excluding carboxylic acids is 1. The Morgan fingerprint density at radius 3 is 2.45 bits per heavy atom. The van der Waals surface area contributed by atoms with E-state index in [2.05, 4.69) is 28.6 Å². The van der Waals surface area contributed by atoms with Gasteiger partial charge in [0.15, 0.2) is 5.69 Å². The second-order valence-corrected chi connectivity index (χ2v) is 11.3. The summed E-state index contributed by atoms with van der Waals surface area (Å²) in [7, 11) is -3.68. The smallest absolute Gasteiger partial charge is 0.309 e. The van der Waals surface area contributed by atoms with Gasteiger partial charge >= 0.3 is 6.01 Å². The van der Waals surface area contributed by atoms with Gasteiger partial charge in [0.25, 0.3) is 5.91 Å². The number of oxazole rings is 1. The number of carbonyl (C=O) groups is 1. The monoisotopic (exact) mass is 550 g/mol. The Kier molecular flexibility index (Phi) is 9.23. The van der Waals surface area contributed by atoms with E-state index < -0.39 is 51.3 Å². The van der Waals surface area contributed by atoms with Gasteiger partial charge in [0, 0.05) is 18.2 Å². The lowest BCUT2D eigenvalue weighted by Crippen LogP contribution is -2.51. The van der Waals surface area contributed by atoms with Crippen LogP contribution in [0.1, 0.15) is 48.0 Å². The molecule has 0 spiro atoms. The molecule has 0 fully saturated rings. The van der Waals surface area contributed by atoms with Crippen LogP contribution in [0, 0.1) is 11.6 Å². The van der Waals surface area contributed by atoms with Crippen molar-refractivity contribution in [2.24, 2.45) is 0 Å². The predicted molar refractivity (Wildman–Crippen MR) is 139 cm³/mol. The van der Waals surface area contributed by atoms with Crippen molar-refractivity contribution in [3.05, 3.63) is 82.7 Å². The van der Waals surface area contributed by atoms with Crippen LogP contribution in [0.3, 0.4) is 0 Å². The van der Waals surface area contributed by atoms with Crippen molar-refractivity contribution in [1.29, 1.82) is 0 Å². The average molecular weight is 551 g/mol. The molecule has 38 heavy (non-hydrogen) atoms. The van der Waals surface area contributed by atoms with Gasteiger partial charge in [0.1, 0.15) is 17.9 Å². The van der Waals surface area contributed by atoms with Crippen LogP contribution in [-0.2, 0) is 28.4 Å². The number of hydrogen-bond acceptors (Lipinski definition) is 7. The maximum atomic E-state index is 13.8. The number of sulfonamides is 1. The summed E-state index contributed by atoms with van der Waals surface area (Å²) in [6.45, 7) is 6.00. The van der Waals surface area contributed by atoms with Gasteiger partial charge in [0.2, 0.25) is 10.0 Å². The van der Waals surface area contributed by atoms with E-state index in [9.17, 15) is 27.1 Å². The molecule has 2 aromatic carbocycles. The predicted octanol–water partition coefficient (Wildman–Crippen LogP) is 3.11. The summed E-state index contributed by atoms with van der Waals surface area (Å²) in [5, 5.41) is 17.0. The number of aryl methyl sites for hydroxylation is 1. The van der Waals surface area contributed by atoms with Crippen LogP contribution >= 0.6 is 0 Å². The van der Waals surface area contributed by atoms with Gasteiger partial charge < -0.3 is 20.2 Å². The zero-order chi connectivity index (χ0) is 28.1. The Hall–Kier alpha value is -3.35. The van der Waals surface area contributed by atoms with E-state index in [4.69, 9.17) is 4.42 Å². The molecular formula is C26H32F2N4O5S. The molecule has 206 valence electrons. The fourth-order valence-corrected chi connectivity index (χ4v) is 4.29. The fourth-order valence-electron chi connectivity index (χ4n) is 3.88. The second kappa shape index (κ2) is 12.0. The zero-order valence-electron chi connectivity index (χ0n) is 21.6. The van der Waals surface area contributed by atoms with Crippen LogP contribution in [0.5, 0.6) is 0 Å². The topological polar surface area (TPSA) is 134 Å². The van der Waals surface area contributed by atoms with Crippen molar-refractivity contribution in [3.8, 4) is 0 Å². The molecule has 0 aliphatic rings. The largest absolute Gasteiger partial charge is 0.431 e. The van der Waals surface area contributed by atoms with E-state index in [1.807, 2.05) is 36.8 Å². The number of anilines is 1. The molecule has 1 amide bonds. The van der Waals surface area contributed by atoms with E-state index in [0.29, 0.717) is 0 Å². The number of halogens is 2. The van der Waals surface area contributed by atoms with Gasteiger partial charge in [-0.15, -0.1) is 0 Å². The lowest BCUT2D eigenvalue weighted by molar-refractivity contribution is 0.0809. The third-order valence-corrected chi connectivity index (χ3v) is 6.52. The standard InChI is InChI=1S/C26H32F2N4O5S/c1-5-16-7-6-8-18(9-16)26(2,3)29-14-23(33)21(12-17-10-19(27)13-20(28)11-17)30-24(34)22-15-37-25(31-22)32-38(4,35)36/h6-11,13,15,21,23,29,33H,5,12,14H2,1-4H3,(H,30,34)(H,31,32)/t21-,23-/m0/s1. The third kappa shape index (κ3) is 8.33. The van der Waals surface area contributed by atoms with Crippen LogP contribution in [-0.4, -0.2) is 49.4 Å². The molecule has 0 bridgehead atoms. The first-order chi connectivity index (χ1) is 17.8. The van der Waals surface area contributed by atoms with Gasteiger partial charge in [-0.05, 0) is 55.5 Å². The highest BCUT2D eigenvalue weighted by Gasteiger charge is 2.28. The number of rotatable bonds is 12. The molecule has 0 aliphatic heterocycles. The normalized spacial score (nSPS) is 13.7. The molecule has 4 N–H and O–H groups in total. The molecule has 0 unspecified atom stereocenters. The summed E-state index contributed by atoms with van der Waals surface area (Å²) in [6.07, 6.45) is 1.44. The number of aliphatic hydroxyl groups excluding tert-OH is 1. The highest BCUT2D eigenvalue weighted by molar-refractivity contribution is 7.91. The minimum absolute atomic E-state index is 0.0335. The van der Waals surface area contributed by atoms with Crippen molar-refractivity contribution in [1.82, 2.24) is 15.6 Å². The summed E-state index contributed by atoms with van der Waals surface area (Å²) in [4.78, 5) is 16.7. The van der Waals surface area contributed by atoms with Gasteiger partial charge in [0.05, 0.1) is 18.4 Å². The molecule has 1 aromatic heterocycles. The first-order valence-corrected chi connectivity index (χ1v) is 13.9. The van der Waals surface area contributed by atoms with Crippen molar-refractivity contribution >= 4 is 21.9 Å². The molecule has 12 heteroatoms. The van der Waals surface area contributed by atoms with Crippen LogP contribution in [0.4, 0.5) is 14.8 Å². The van der Waals surface area contributed by atoms with Crippen LogP contribution in [0.25, 0.3) is 0 Å². The van der Waals surface area contributed by atoms with E-state index in [-0.39, 0.29) is 24.2 Å². The molecule has 9 nitrogen and oxygen atoms in total. The molecule has 0 radical (unpaired) electrons. The molecule has 0 aliphatic carbocycles. The number of aromatic nitrogens is 1. The minimum atomic E-state index is -3.68. The summed E-state index contributed by atoms with van der Waals surface area (Å²) in [5.74, 6) is -2.35. The summed E-state index contributed by atoms with van der Waals surface area (Å²) >= 11 is 0. The molecular weight excluding hydrogens is 518 g/mol. The van der Waals surface area contributed by atoms with Gasteiger partial charge in [-0.2, -0.15) is 4.98 Å². The Morgan fingerprint density at radius 2 is 1.82 bits per heavy atom. The average Bonchev–Trinajstić information content (AvgIpc) is 3.28. The van der Waals surface area contributed by atoms with Gasteiger partial charge in [-0.3, -0.25) is 4.79 Å². The minimum Gasteiger partial charge on any atom is -0.431 e. The Morgan fingerprint density at radius 1 is 1.13 bits per heavy atom. The maximum absolute atomic E-state index is 13.8. The molecule has 3 rings (SSSR count). The Labute approximate surface area is 220 Å². The second-order valence-electron chi connectivity index (χ2n) is 9.60. The first-order valence-electron chi connectivity index (χ1n) is 12.0. The van der Waals surface area contributed by atoms with Crippen LogP contribution in [0.15, 0.2) is 53.1 Å². The summed E-state index contributed by atoms with van der Waals surface area (Å²) in [6, 6.07) is 9.60. The van der Waals surface area contributed by atoms with E-state index in [1.54, 1.807) is 0 Å². The number of hydrogen-bond donors (Lipinski definition) is 4. The summed E-state index contributed by atoms with van der Waals surface area (Å²) < 4.78 is 57.4. The quantitative estimate of drug-likeness (QED) is 0.272. The highest BCUT2D eigenvalue weighted by atomic mass is 32.2. The number of aliphatic hydroxyl groups is 1. The number of nitrogens with one attached hydrogen (secondary N) is 3. The van der Waals surface area contributed by atoms with E-state index >= 15 is 0 Å². The SMILES string of the molecule is CCc1cccc(C(C)(C)NC[C@H](O)[C@H](Cc2cc(F)cc(F)c2)NC(=O)c2coc(NS(C)(=O)=O)n2)c1. The maximum Gasteiger partial charge on any atom is 0.309 e. The molecule has 0 saturated carbocycles. The number of nitrogens with zero attached hydrogens (tertiary/aromatic N) is 1. The number of amides is 1. The van der Waals surface area contributed by atoms with Crippen LogP contribution in [0.2, 0.25) is 0 Å². The van der Waals surface area contributed by atoms with Crippen molar-refractivity contribution in [2.45, 2.75) is 51.3 Å². The Bertz CT molecular complexity index is 1360. The molecule has 1 heterocycles. The van der Waals surface area contributed by atoms with Gasteiger partial charge in [-0.25, -0.2) is 21.9 Å². The highest BCUT2D eigenvalue weighted by Crippen LogP contribution is 2.22. The van der Waals surface area contributed by atoms with E-state index in [1.165, 1.54) is 0 Å². The third-order valence-electron chi connectivity index (χ3n) is 5.98. The number of benzene rings is 2. The zero-order valence-corrected chi connectivity index (χ0v) is 22.4. The first kappa shape index (κ1) is 29.2. The lowest BCUT2D eigenvalue weighted by Gasteiger charge is -2.31.